The molecule has 1 heterocycles. The number of carbonyl (C=O) groups excluding carboxylic acids is 3. The minimum Gasteiger partial charge on any atom is -0.378 e. The number of ether oxygens (including phenoxy) is 16. The lowest BCUT2D eigenvalue weighted by atomic mass is 10.3. The fourth-order valence-electron chi connectivity index (χ4n) is 5.18. The molecule has 0 saturated heterocycles. The van der Waals surface area contributed by atoms with Crippen molar-refractivity contribution in [1.29, 1.82) is 0 Å². The van der Waals surface area contributed by atoms with Gasteiger partial charge in [0.25, 0.3) is 11.8 Å². The molecule has 0 radical (unpaired) electrons. The lowest BCUT2D eigenvalue weighted by Crippen LogP contribution is -2.40. The first-order valence-electron chi connectivity index (χ1n) is 23.1. The molecule has 23 heteroatoms. The molecule has 0 aromatic rings. The van der Waals surface area contributed by atoms with Crippen LogP contribution >= 0.6 is 0 Å². The van der Waals surface area contributed by atoms with E-state index in [1.54, 1.807) is 4.90 Å². The second-order valence-corrected chi connectivity index (χ2v) is 13.7. The Hall–Kier alpha value is -2.37. The average Bonchev–Trinajstić information content (AvgIpc) is 3.65. The molecular weight excluding hydrogens is 876 g/mol. The van der Waals surface area contributed by atoms with Gasteiger partial charge in [-0.05, 0) is 0 Å². The summed E-state index contributed by atoms with van der Waals surface area (Å²) in [4.78, 5) is 39.6. The van der Waals surface area contributed by atoms with Crippen molar-refractivity contribution in [1.82, 2.24) is 9.80 Å². The third-order valence-corrected chi connectivity index (χ3v) is 8.55. The van der Waals surface area contributed by atoms with Crippen LogP contribution in [0, 0.1) is 0 Å². The molecule has 66 heavy (non-hydrogen) atoms. The van der Waals surface area contributed by atoms with Crippen molar-refractivity contribution in [3.63, 3.8) is 0 Å². The minimum atomic E-state index is -0.429. The molecule has 1 rings (SSSR count). The van der Waals surface area contributed by atoms with E-state index in [1.165, 1.54) is 12.2 Å². The van der Waals surface area contributed by atoms with Gasteiger partial charge in [-0.15, -0.1) is 0 Å². The van der Waals surface area contributed by atoms with Crippen molar-refractivity contribution in [3.8, 4) is 0 Å². The van der Waals surface area contributed by atoms with Gasteiger partial charge in [0.1, 0.15) is 0 Å². The Kier molecular flexibility index (Phi) is 47.2. The van der Waals surface area contributed by atoms with Crippen molar-refractivity contribution in [2.75, 3.05) is 244 Å². The van der Waals surface area contributed by atoms with Gasteiger partial charge in [-0.2, -0.15) is 0 Å². The Morgan fingerprint density at radius 3 is 0.758 bits per heavy atom. The summed E-state index contributed by atoms with van der Waals surface area (Å²) in [5.74, 6) is -1.08. The molecular formula is C43H82N4O19. The summed E-state index contributed by atoms with van der Waals surface area (Å²) >= 11 is 0. The van der Waals surface area contributed by atoms with Gasteiger partial charge in [-0.25, -0.2) is 0 Å². The molecule has 4 N–H and O–H groups in total. The van der Waals surface area contributed by atoms with Gasteiger partial charge in [0.15, 0.2) is 0 Å². The standard InChI is InChI=1S/C43H82N4O19/c44-4-9-51-13-17-55-21-25-59-29-33-63-37-39-65-35-31-61-27-23-57-19-15-53-11-7-46(41(48)3-6-47-42(49)1-2-43(47)50)8-12-54-16-20-58-24-28-62-32-36-66-40-38-64-34-30-60-26-22-56-18-14-52-10-5-45/h1-2H,3-40,44-45H2. The van der Waals surface area contributed by atoms with E-state index in [2.05, 4.69) is 0 Å². The SMILES string of the molecule is NCCOCCOCCOCCOCCOCCOCCOCCOCCN(CCOCCOCCOCCOCCOCCOCCOCCOCCN)C(=O)CCN1C(=O)C=CC1=O. The van der Waals surface area contributed by atoms with Crippen LogP contribution in [0.1, 0.15) is 6.42 Å². The van der Waals surface area contributed by atoms with E-state index < -0.39 is 11.8 Å². The van der Waals surface area contributed by atoms with E-state index in [4.69, 9.17) is 87.3 Å². The van der Waals surface area contributed by atoms with Gasteiger partial charge in [-0.1, -0.05) is 0 Å². The van der Waals surface area contributed by atoms with Crippen LogP contribution in [0.25, 0.3) is 0 Å². The monoisotopic (exact) mass is 959 g/mol. The van der Waals surface area contributed by atoms with E-state index in [0.29, 0.717) is 224 Å². The predicted octanol–water partition coefficient (Wildman–Crippen LogP) is -1.69. The number of nitrogens with zero attached hydrogens (tertiary/aromatic N) is 2. The summed E-state index contributed by atoms with van der Waals surface area (Å²) in [6, 6.07) is 0. The smallest absolute Gasteiger partial charge is 0.253 e. The summed E-state index contributed by atoms with van der Waals surface area (Å²) in [6.07, 6.45) is 2.38. The Labute approximate surface area is 391 Å². The highest BCUT2D eigenvalue weighted by Crippen LogP contribution is 2.06. The Balaban J connectivity index is 1.99. The van der Waals surface area contributed by atoms with Crippen molar-refractivity contribution in [3.05, 3.63) is 12.2 Å². The first-order chi connectivity index (χ1) is 32.6. The second-order valence-electron chi connectivity index (χ2n) is 13.7. The van der Waals surface area contributed by atoms with Gasteiger partial charge < -0.3 is 92.2 Å². The van der Waals surface area contributed by atoms with Crippen LogP contribution in [0.5, 0.6) is 0 Å². The normalized spacial score (nSPS) is 12.7. The van der Waals surface area contributed by atoms with Crippen LogP contribution in [0.4, 0.5) is 0 Å². The van der Waals surface area contributed by atoms with E-state index in [1.807, 2.05) is 0 Å². The highest BCUT2D eigenvalue weighted by Gasteiger charge is 2.25. The Morgan fingerprint density at radius 2 is 0.545 bits per heavy atom. The molecule has 0 bridgehead atoms. The van der Waals surface area contributed by atoms with Gasteiger partial charge >= 0.3 is 0 Å². The first-order valence-corrected chi connectivity index (χ1v) is 23.1. The van der Waals surface area contributed by atoms with Gasteiger partial charge in [0, 0.05) is 51.3 Å². The summed E-state index contributed by atoms with van der Waals surface area (Å²) in [6.45, 7) is 15.9. The first kappa shape index (κ1) is 61.6. The lowest BCUT2D eigenvalue weighted by molar-refractivity contribution is -0.138. The van der Waals surface area contributed by atoms with Crippen LogP contribution in [-0.4, -0.2) is 272 Å². The van der Waals surface area contributed by atoms with Crippen LogP contribution < -0.4 is 11.5 Å². The molecule has 1 aliphatic rings. The topological polar surface area (TPSA) is 257 Å². The summed E-state index contributed by atoms with van der Waals surface area (Å²) in [5, 5.41) is 0. The van der Waals surface area contributed by atoms with Gasteiger partial charge in [-0.3, -0.25) is 19.3 Å². The van der Waals surface area contributed by atoms with Crippen LogP contribution in [0.15, 0.2) is 12.2 Å². The van der Waals surface area contributed by atoms with E-state index in [0.717, 1.165) is 4.90 Å². The number of amides is 3. The highest BCUT2D eigenvalue weighted by molar-refractivity contribution is 6.13. The number of carbonyl (C=O) groups is 3. The van der Waals surface area contributed by atoms with Crippen molar-refractivity contribution < 1.29 is 90.2 Å². The fourth-order valence-corrected chi connectivity index (χ4v) is 5.18. The molecule has 0 unspecified atom stereocenters. The third-order valence-electron chi connectivity index (χ3n) is 8.55. The van der Waals surface area contributed by atoms with Crippen LogP contribution in [0.3, 0.4) is 0 Å². The maximum absolute atomic E-state index is 13.1. The molecule has 0 spiro atoms. The summed E-state index contributed by atoms with van der Waals surface area (Å²) < 4.78 is 87.6. The maximum atomic E-state index is 13.1. The molecule has 0 saturated carbocycles. The molecule has 0 atom stereocenters. The van der Waals surface area contributed by atoms with Crippen molar-refractivity contribution in [2.45, 2.75) is 6.42 Å². The molecule has 0 fully saturated rings. The van der Waals surface area contributed by atoms with Crippen molar-refractivity contribution in [2.24, 2.45) is 11.5 Å². The third kappa shape index (κ3) is 41.8. The number of nitrogens with two attached hydrogens (primary N) is 2. The highest BCUT2D eigenvalue weighted by atomic mass is 16.6. The number of imide groups is 1. The summed E-state index contributed by atoms with van der Waals surface area (Å²) in [5.41, 5.74) is 10.7. The quantitative estimate of drug-likeness (QED) is 0.0510. The molecule has 388 valence electrons. The molecule has 0 aliphatic carbocycles. The molecule has 0 aromatic heterocycles. The zero-order chi connectivity index (χ0) is 47.5. The Morgan fingerprint density at radius 1 is 0.348 bits per heavy atom. The minimum absolute atomic E-state index is 0.00253. The predicted molar refractivity (Wildman–Crippen MR) is 238 cm³/mol. The molecule has 0 aromatic carbocycles. The average molecular weight is 959 g/mol. The Bertz CT molecular complexity index is 1050. The second kappa shape index (κ2) is 50.5. The van der Waals surface area contributed by atoms with Gasteiger partial charge in [0.05, 0.1) is 211 Å². The number of hydrogen-bond donors (Lipinski definition) is 2. The number of rotatable bonds is 55. The lowest BCUT2D eigenvalue weighted by Gasteiger charge is -2.24. The largest absolute Gasteiger partial charge is 0.378 e. The van der Waals surface area contributed by atoms with E-state index in [9.17, 15) is 14.4 Å². The fraction of sp³-hybridized carbons (Fsp3) is 0.884. The van der Waals surface area contributed by atoms with Gasteiger partial charge in [0.2, 0.25) is 5.91 Å². The van der Waals surface area contributed by atoms with Crippen LogP contribution in [-0.2, 0) is 90.2 Å². The molecule has 23 nitrogen and oxygen atoms in total. The molecule has 1 aliphatic heterocycles. The zero-order valence-corrected chi connectivity index (χ0v) is 39.3. The summed E-state index contributed by atoms with van der Waals surface area (Å²) in [7, 11) is 0. The van der Waals surface area contributed by atoms with Crippen LogP contribution in [0.2, 0.25) is 0 Å². The van der Waals surface area contributed by atoms with E-state index in [-0.39, 0.29) is 32.1 Å². The maximum Gasteiger partial charge on any atom is 0.253 e. The van der Waals surface area contributed by atoms with E-state index >= 15 is 0 Å². The number of hydrogen-bond acceptors (Lipinski definition) is 21. The molecule has 3 amide bonds. The zero-order valence-electron chi connectivity index (χ0n) is 39.3. The van der Waals surface area contributed by atoms with Crippen molar-refractivity contribution >= 4 is 17.7 Å².